The number of hydrogen-bond acceptors (Lipinski definition) is 4. The van der Waals surface area contributed by atoms with E-state index >= 15 is 0 Å². The Labute approximate surface area is 132 Å². The monoisotopic (exact) mass is 314 g/mol. The SMILES string of the molecule is Nc1ccc(OCCCN2C(=O)c3ccccc3C2=O)c(F)c1. The van der Waals surface area contributed by atoms with Crippen LogP contribution in [0, 0.1) is 5.82 Å². The summed E-state index contributed by atoms with van der Waals surface area (Å²) >= 11 is 0. The van der Waals surface area contributed by atoms with Crippen molar-refractivity contribution < 1.29 is 18.7 Å². The van der Waals surface area contributed by atoms with Gasteiger partial charge in [0.15, 0.2) is 11.6 Å². The third kappa shape index (κ3) is 2.88. The van der Waals surface area contributed by atoms with Crippen molar-refractivity contribution in [1.82, 2.24) is 4.90 Å². The van der Waals surface area contributed by atoms with Crippen molar-refractivity contribution in [1.29, 1.82) is 0 Å². The third-order valence-electron chi connectivity index (χ3n) is 3.62. The van der Waals surface area contributed by atoms with Crippen molar-refractivity contribution >= 4 is 17.5 Å². The van der Waals surface area contributed by atoms with Gasteiger partial charge in [0.25, 0.3) is 11.8 Å². The minimum atomic E-state index is -0.536. The van der Waals surface area contributed by atoms with Gasteiger partial charge in [-0.2, -0.15) is 0 Å². The minimum absolute atomic E-state index is 0.0987. The average molecular weight is 314 g/mol. The molecule has 2 N–H and O–H groups in total. The first-order valence-corrected chi connectivity index (χ1v) is 7.21. The van der Waals surface area contributed by atoms with Gasteiger partial charge in [0.2, 0.25) is 0 Å². The molecule has 0 spiro atoms. The van der Waals surface area contributed by atoms with Gasteiger partial charge in [0, 0.05) is 18.3 Å². The van der Waals surface area contributed by atoms with Gasteiger partial charge in [-0.15, -0.1) is 0 Å². The number of nitrogens with two attached hydrogens (primary N) is 1. The number of imide groups is 1. The Balaban J connectivity index is 1.56. The maximum absolute atomic E-state index is 13.6. The maximum atomic E-state index is 13.6. The van der Waals surface area contributed by atoms with E-state index in [1.165, 1.54) is 17.0 Å². The van der Waals surface area contributed by atoms with Crippen molar-refractivity contribution in [2.75, 3.05) is 18.9 Å². The number of hydrogen-bond donors (Lipinski definition) is 1. The molecule has 0 bridgehead atoms. The molecule has 0 aromatic heterocycles. The maximum Gasteiger partial charge on any atom is 0.261 e. The number of halogens is 1. The van der Waals surface area contributed by atoms with Crippen molar-refractivity contribution in [2.24, 2.45) is 0 Å². The molecule has 1 heterocycles. The molecular weight excluding hydrogens is 299 g/mol. The Kier molecular flexibility index (Phi) is 3.97. The van der Waals surface area contributed by atoms with Crippen LogP contribution in [0.25, 0.3) is 0 Å². The smallest absolute Gasteiger partial charge is 0.261 e. The normalized spacial score (nSPS) is 13.3. The Bertz CT molecular complexity index is 741. The van der Waals surface area contributed by atoms with Gasteiger partial charge in [0.1, 0.15) is 0 Å². The van der Waals surface area contributed by atoms with E-state index in [0.717, 1.165) is 0 Å². The summed E-state index contributed by atoms with van der Waals surface area (Å²) in [5.41, 5.74) is 6.62. The number of carbonyl (C=O) groups is 2. The van der Waals surface area contributed by atoms with E-state index in [1.54, 1.807) is 30.3 Å². The van der Waals surface area contributed by atoms with Gasteiger partial charge in [0.05, 0.1) is 17.7 Å². The van der Waals surface area contributed by atoms with E-state index in [2.05, 4.69) is 0 Å². The predicted molar refractivity (Wildman–Crippen MR) is 82.7 cm³/mol. The number of rotatable bonds is 5. The molecule has 3 rings (SSSR count). The van der Waals surface area contributed by atoms with Crippen LogP contribution in [0.2, 0.25) is 0 Å². The molecule has 0 aliphatic carbocycles. The Morgan fingerprint density at radius 2 is 1.70 bits per heavy atom. The summed E-state index contributed by atoms with van der Waals surface area (Å²) in [6, 6.07) is 10.9. The van der Waals surface area contributed by atoms with Crippen LogP contribution in [0.3, 0.4) is 0 Å². The van der Waals surface area contributed by atoms with E-state index in [9.17, 15) is 14.0 Å². The molecule has 2 aromatic carbocycles. The number of nitrogens with zero attached hydrogens (tertiary/aromatic N) is 1. The van der Waals surface area contributed by atoms with E-state index in [0.29, 0.717) is 23.2 Å². The number of amides is 2. The fourth-order valence-electron chi connectivity index (χ4n) is 2.48. The van der Waals surface area contributed by atoms with E-state index in [1.807, 2.05) is 0 Å². The average Bonchev–Trinajstić information content (AvgIpc) is 2.78. The first-order chi connectivity index (χ1) is 11.1. The standard InChI is InChI=1S/C17H15FN2O3/c18-14-10-11(19)6-7-15(14)23-9-3-8-20-16(21)12-4-1-2-5-13(12)17(20)22/h1-2,4-7,10H,3,8-9,19H2. The summed E-state index contributed by atoms with van der Waals surface area (Å²) in [5.74, 6) is -1.04. The summed E-state index contributed by atoms with van der Waals surface area (Å²) in [5, 5.41) is 0. The van der Waals surface area contributed by atoms with Crippen LogP contribution >= 0.6 is 0 Å². The summed E-state index contributed by atoms with van der Waals surface area (Å²) in [7, 11) is 0. The van der Waals surface area contributed by atoms with Crippen molar-refractivity contribution in [2.45, 2.75) is 6.42 Å². The molecule has 0 radical (unpaired) electrons. The van der Waals surface area contributed by atoms with Gasteiger partial charge in [-0.25, -0.2) is 4.39 Å². The highest BCUT2D eigenvalue weighted by atomic mass is 19.1. The van der Waals surface area contributed by atoms with Crippen LogP contribution in [0.4, 0.5) is 10.1 Å². The van der Waals surface area contributed by atoms with Gasteiger partial charge in [-0.3, -0.25) is 14.5 Å². The van der Waals surface area contributed by atoms with E-state index in [4.69, 9.17) is 10.5 Å². The molecule has 2 aromatic rings. The number of fused-ring (bicyclic) bond motifs is 1. The molecule has 0 saturated carbocycles. The molecule has 1 aliphatic rings. The Morgan fingerprint density at radius 3 is 2.30 bits per heavy atom. The van der Waals surface area contributed by atoms with Crippen LogP contribution in [-0.2, 0) is 0 Å². The molecule has 23 heavy (non-hydrogen) atoms. The second-order valence-electron chi connectivity index (χ2n) is 5.20. The zero-order chi connectivity index (χ0) is 16.4. The number of anilines is 1. The molecule has 1 aliphatic heterocycles. The Morgan fingerprint density at radius 1 is 1.04 bits per heavy atom. The lowest BCUT2D eigenvalue weighted by molar-refractivity contribution is 0.0646. The number of benzene rings is 2. The Hall–Kier alpha value is -2.89. The van der Waals surface area contributed by atoms with Crippen molar-refractivity contribution in [3.05, 3.63) is 59.4 Å². The number of ether oxygens (including phenoxy) is 1. The fourth-order valence-corrected chi connectivity index (χ4v) is 2.48. The quantitative estimate of drug-likeness (QED) is 0.523. The van der Waals surface area contributed by atoms with E-state index in [-0.39, 0.29) is 30.7 Å². The molecule has 2 amide bonds. The topological polar surface area (TPSA) is 72.6 Å². The molecule has 5 nitrogen and oxygen atoms in total. The highest BCUT2D eigenvalue weighted by molar-refractivity contribution is 6.21. The largest absolute Gasteiger partial charge is 0.490 e. The zero-order valence-corrected chi connectivity index (χ0v) is 12.3. The van der Waals surface area contributed by atoms with E-state index < -0.39 is 5.82 Å². The lowest BCUT2D eigenvalue weighted by Crippen LogP contribution is -2.31. The minimum Gasteiger partial charge on any atom is -0.490 e. The van der Waals surface area contributed by atoms with Crippen LogP contribution in [0.15, 0.2) is 42.5 Å². The highest BCUT2D eigenvalue weighted by Gasteiger charge is 2.34. The highest BCUT2D eigenvalue weighted by Crippen LogP contribution is 2.23. The van der Waals surface area contributed by atoms with Crippen LogP contribution in [0.5, 0.6) is 5.75 Å². The third-order valence-corrected chi connectivity index (χ3v) is 3.62. The number of nitrogen functional groups attached to an aromatic ring is 1. The van der Waals surface area contributed by atoms with Crippen molar-refractivity contribution in [3.8, 4) is 5.75 Å². The van der Waals surface area contributed by atoms with Crippen LogP contribution in [0.1, 0.15) is 27.1 Å². The second-order valence-corrected chi connectivity index (χ2v) is 5.20. The first kappa shape index (κ1) is 15.0. The van der Waals surface area contributed by atoms with Gasteiger partial charge >= 0.3 is 0 Å². The fraction of sp³-hybridized carbons (Fsp3) is 0.176. The molecular formula is C17H15FN2O3. The van der Waals surface area contributed by atoms with Crippen molar-refractivity contribution in [3.63, 3.8) is 0 Å². The van der Waals surface area contributed by atoms with Gasteiger partial charge in [-0.05, 0) is 30.7 Å². The first-order valence-electron chi connectivity index (χ1n) is 7.21. The summed E-state index contributed by atoms with van der Waals surface area (Å²) < 4.78 is 18.9. The van der Waals surface area contributed by atoms with Crippen LogP contribution < -0.4 is 10.5 Å². The lowest BCUT2D eigenvalue weighted by atomic mass is 10.1. The molecule has 6 heteroatoms. The molecule has 0 saturated heterocycles. The number of carbonyl (C=O) groups excluding carboxylic acids is 2. The van der Waals surface area contributed by atoms with Gasteiger partial charge < -0.3 is 10.5 Å². The predicted octanol–water partition coefficient (Wildman–Crippen LogP) is 2.47. The summed E-state index contributed by atoms with van der Waals surface area (Å²) in [6.45, 7) is 0.414. The molecule has 118 valence electrons. The van der Waals surface area contributed by atoms with Crippen LogP contribution in [-0.4, -0.2) is 29.9 Å². The molecule has 0 atom stereocenters. The zero-order valence-electron chi connectivity index (χ0n) is 12.3. The summed E-state index contributed by atoms with van der Waals surface area (Å²) in [6.07, 6.45) is 0.412. The molecule has 0 unspecified atom stereocenters. The summed E-state index contributed by atoms with van der Waals surface area (Å²) in [4.78, 5) is 25.5. The lowest BCUT2D eigenvalue weighted by Gasteiger charge is -2.14. The van der Waals surface area contributed by atoms with Gasteiger partial charge in [-0.1, -0.05) is 12.1 Å². The second kappa shape index (κ2) is 6.08. The molecule has 0 fully saturated rings.